The van der Waals surface area contributed by atoms with Gasteiger partial charge in [-0.25, -0.2) is 18.6 Å². The van der Waals surface area contributed by atoms with E-state index in [1.54, 1.807) is 23.6 Å². The van der Waals surface area contributed by atoms with Gasteiger partial charge in [-0.2, -0.15) is 0 Å². The maximum absolute atomic E-state index is 14.3. The Balaban J connectivity index is 1.61. The SMILES string of the molecule is CC(Cn1ccnc1)NC(=O)Nc1cc(F)c(N2CCCC2)c(F)c1. The van der Waals surface area contributed by atoms with Gasteiger partial charge in [-0.3, -0.25) is 0 Å². The van der Waals surface area contributed by atoms with Crippen molar-refractivity contribution in [1.29, 1.82) is 0 Å². The van der Waals surface area contributed by atoms with Crippen LogP contribution >= 0.6 is 0 Å². The summed E-state index contributed by atoms with van der Waals surface area (Å²) in [5, 5.41) is 5.20. The van der Waals surface area contributed by atoms with E-state index >= 15 is 0 Å². The van der Waals surface area contributed by atoms with E-state index in [1.807, 2.05) is 11.5 Å². The highest BCUT2D eigenvalue weighted by atomic mass is 19.1. The fraction of sp³-hybridized carbons (Fsp3) is 0.412. The van der Waals surface area contributed by atoms with Gasteiger partial charge in [0.2, 0.25) is 0 Å². The van der Waals surface area contributed by atoms with Gasteiger partial charge < -0.3 is 20.1 Å². The number of urea groups is 1. The summed E-state index contributed by atoms with van der Waals surface area (Å²) in [7, 11) is 0. The van der Waals surface area contributed by atoms with Crippen LogP contribution in [0.1, 0.15) is 19.8 Å². The number of rotatable bonds is 5. The molecule has 8 heteroatoms. The number of amides is 2. The van der Waals surface area contributed by atoms with Gasteiger partial charge in [-0.15, -0.1) is 0 Å². The summed E-state index contributed by atoms with van der Waals surface area (Å²) in [6.45, 7) is 3.67. The lowest BCUT2D eigenvalue weighted by Crippen LogP contribution is -2.38. The molecule has 0 radical (unpaired) electrons. The van der Waals surface area contributed by atoms with E-state index in [0.29, 0.717) is 19.6 Å². The summed E-state index contributed by atoms with van der Waals surface area (Å²) in [5.41, 5.74) is 0.0715. The first-order valence-electron chi connectivity index (χ1n) is 8.30. The van der Waals surface area contributed by atoms with Crippen LogP contribution in [0.15, 0.2) is 30.9 Å². The Morgan fingerprint density at radius 1 is 1.28 bits per heavy atom. The van der Waals surface area contributed by atoms with Crippen LogP contribution in [0.3, 0.4) is 0 Å². The summed E-state index contributed by atoms with van der Waals surface area (Å²) < 4.78 is 30.4. The van der Waals surface area contributed by atoms with Crippen LogP contribution in [-0.2, 0) is 6.54 Å². The van der Waals surface area contributed by atoms with Crippen LogP contribution in [0.4, 0.5) is 25.0 Å². The van der Waals surface area contributed by atoms with Crippen molar-refractivity contribution in [3.05, 3.63) is 42.5 Å². The predicted molar refractivity (Wildman–Crippen MR) is 91.6 cm³/mol. The molecule has 2 amide bonds. The van der Waals surface area contributed by atoms with E-state index in [0.717, 1.165) is 25.0 Å². The molecule has 1 aromatic heterocycles. The van der Waals surface area contributed by atoms with Gasteiger partial charge in [0, 0.05) is 43.8 Å². The van der Waals surface area contributed by atoms with Crippen molar-refractivity contribution in [3.8, 4) is 0 Å². The maximum atomic E-state index is 14.3. The number of hydrogen-bond donors (Lipinski definition) is 2. The summed E-state index contributed by atoms with van der Waals surface area (Å²) in [6.07, 6.45) is 6.95. The van der Waals surface area contributed by atoms with E-state index in [-0.39, 0.29) is 17.4 Å². The highest BCUT2D eigenvalue weighted by Crippen LogP contribution is 2.29. The van der Waals surface area contributed by atoms with Gasteiger partial charge in [0.1, 0.15) is 5.69 Å². The summed E-state index contributed by atoms with van der Waals surface area (Å²) in [5.74, 6) is -1.33. The lowest BCUT2D eigenvalue weighted by Gasteiger charge is -2.20. The molecule has 1 fully saturated rings. The molecule has 6 nitrogen and oxygen atoms in total. The molecule has 1 aliphatic rings. The van der Waals surface area contributed by atoms with Crippen molar-refractivity contribution in [2.75, 3.05) is 23.3 Å². The number of halogens is 2. The highest BCUT2D eigenvalue weighted by molar-refractivity contribution is 5.89. The van der Waals surface area contributed by atoms with E-state index < -0.39 is 17.7 Å². The van der Waals surface area contributed by atoms with E-state index in [2.05, 4.69) is 15.6 Å². The third kappa shape index (κ3) is 4.26. The standard InChI is InChI=1S/C17H21F2N5O/c1-12(10-23-7-4-20-11-23)21-17(25)22-13-8-14(18)16(15(19)9-13)24-5-2-3-6-24/h4,7-9,11-12H,2-3,5-6,10H2,1H3,(H2,21,22,25). The lowest BCUT2D eigenvalue weighted by molar-refractivity contribution is 0.248. The molecule has 0 aliphatic carbocycles. The minimum absolute atomic E-state index is 0.0167. The maximum Gasteiger partial charge on any atom is 0.319 e. The van der Waals surface area contributed by atoms with Crippen LogP contribution in [0, 0.1) is 11.6 Å². The minimum atomic E-state index is -0.663. The van der Waals surface area contributed by atoms with Crippen molar-refractivity contribution in [2.45, 2.75) is 32.4 Å². The molecule has 25 heavy (non-hydrogen) atoms. The Morgan fingerprint density at radius 2 is 1.96 bits per heavy atom. The largest absolute Gasteiger partial charge is 0.367 e. The van der Waals surface area contributed by atoms with Gasteiger partial charge in [0.15, 0.2) is 11.6 Å². The van der Waals surface area contributed by atoms with Crippen LogP contribution in [0.5, 0.6) is 0 Å². The van der Waals surface area contributed by atoms with Crippen molar-refractivity contribution in [2.24, 2.45) is 0 Å². The summed E-state index contributed by atoms with van der Waals surface area (Å²) in [4.78, 5) is 17.6. The van der Waals surface area contributed by atoms with Crippen LogP contribution in [0.2, 0.25) is 0 Å². The fourth-order valence-electron chi connectivity index (χ4n) is 3.03. The third-order valence-electron chi connectivity index (χ3n) is 4.12. The molecular formula is C17H21F2N5O. The Labute approximate surface area is 144 Å². The smallest absolute Gasteiger partial charge is 0.319 e. The number of aromatic nitrogens is 2. The predicted octanol–water partition coefficient (Wildman–Crippen LogP) is 2.97. The molecule has 1 saturated heterocycles. The minimum Gasteiger partial charge on any atom is -0.367 e. The molecule has 0 spiro atoms. The molecule has 1 unspecified atom stereocenters. The molecule has 0 saturated carbocycles. The van der Waals surface area contributed by atoms with Crippen molar-refractivity contribution >= 4 is 17.4 Å². The first kappa shape index (κ1) is 17.2. The van der Waals surface area contributed by atoms with E-state index in [9.17, 15) is 13.6 Å². The Kier molecular flexibility index (Phi) is 5.16. The first-order chi connectivity index (χ1) is 12.0. The van der Waals surface area contributed by atoms with Gasteiger partial charge in [-0.1, -0.05) is 0 Å². The Morgan fingerprint density at radius 3 is 2.56 bits per heavy atom. The highest BCUT2D eigenvalue weighted by Gasteiger charge is 2.21. The van der Waals surface area contributed by atoms with Crippen LogP contribution in [-0.4, -0.2) is 34.7 Å². The molecule has 0 bridgehead atoms. The van der Waals surface area contributed by atoms with Crippen molar-refractivity contribution in [3.63, 3.8) is 0 Å². The zero-order valence-corrected chi connectivity index (χ0v) is 14.0. The second-order valence-corrected chi connectivity index (χ2v) is 6.24. The van der Waals surface area contributed by atoms with E-state index in [1.165, 1.54) is 0 Å². The third-order valence-corrected chi connectivity index (χ3v) is 4.12. The number of nitrogens with zero attached hydrogens (tertiary/aromatic N) is 3. The molecule has 1 aromatic carbocycles. The van der Waals surface area contributed by atoms with Gasteiger partial charge in [0.25, 0.3) is 0 Å². The van der Waals surface area contributed by atoms with Crippen LogP contribution < -0.4 is 15.5 Å². The van der Waals surface area contributed by atoms with Gasteiger partial charge in [-0.05, 0) is 31.9 Å². The number of hydrogen-bond acceptors (Lipinski definition) is 3. The molecule has 134 valence electrons. The zero-order valence-electron chi connectivity index (χ0n) is 14.0. The molecule has 2 N–H and O–H groups in total. The first-order valence-corrected chi connectivity index (χ1v) is 8.30. The van der Waals surface area contributed by atoms with Gasteiger partial charge in [0.05, 0.1) is 6.33 Å². The van der Waals surface area contributed by atoms with Gasteiger partial charge >= 0.3 is 6.03 Å². The van der Waals surface area contributed by atoms with Crippen LogP contribution in [0.25, 0.3) is 0 Å². The molecule has 1 atom stereocenters. The lowest BCUT2D eigenvalue weighted by atomic mass is 10.2. The van der Waals surface area contributed by atoms with E-state index in [4.69, 9.17) is 0 Å². The number of carbonyl (C=O) groups excluding carboxylic acids is 1. The zero-order chi connectivity index (χ0) is 17.8. The number of carbonyl (C=O) groups is 1. The molecule has 2 heterocycles. The van der Waals surface area contributed by atoms with Crippen molar-refractivity contribution < 1.29 is 13.6 Å². The van der Waals surface area contributed by atoms with Crippen molar-refractivity contribution in [1.82, 2.24) is 14.9 Å². The molecule has 3 rings (SSSR count). The Bertz CT molecular complexity index is 706. The number of anilines is 2. The summed E-state index contributed by atoms with van der Waals surface area (Å²) >= 11 is 0. The number of nitrogens with one attached hydrogen (secondary N) is 2. The second-order valence-electron chi connectivity index (χ2n) is 6.24. The molecule has 1 aliphatic heterocycles. The second kappa shape index (κ2) is 7.50. The average Bonchev–Trinajstić information content (AvgIpc) is 3.19. The fourth-order valence-corrected chi connectivity index (χ4v) is 3.03. The number of imidazole rings is 1. The Hall–Kier alpha value is -2.64. The quantitative estimate of drug-likeness (QED) is 0.872. The molecule has 2 aromatic rings. The average molecular weight is 349 g/mol. The monoisotopic (exact) mass is 349 g/mol. The molecular weight excluding hydrogens is 328 g/mol. The number of benzene rings is 1. The summed E-state index contributed by atoms with van der Waals surface area (Å²) in [6, 6.07) is 1.61. The topological polar surface area (TPSA) is 62.2 Å². The normalized spacial score (nSPS) is 15.2.